The first-order valence-electron chi connectivity index (χ1n) is 7.24. The fourth-order valence-corrected chi connectivity index (χ4v) is 3.34. The van der Waals surface area contributed by atoms with Crippen molar-refractivity contribution < 1.29 is 19.1 Å². The summed E-state index contributed by atoms with van der Waals surface area (Å²) in [4.78, 5) is 28.3. The number of aryl methyl sites for hydroxylation is 2. The van der Waals surface area contributed by atoms with Crippen LogP contribution in [0.3, 0.4) is 0 Å². The van der Waals surface area contributed by atoms with E-state index >= 15 is 0 Å². The molecular weight excluding hydrogens is 396 g/mol. The maximum absolute atomic E-state index is 12.0. The predicted molar refractivity (Wildman–Crippen MR) is 95.8 cm³/mol. The highest BCUT2D eigenvalue weighted by Gasteiger charge is 2.17. The van der Waals surface area contributed by atoms with Crippen LogP contribution >= 0.6 is 27.3 Å². The number of hydrogen-bond acceptors (Lipinski definition) is 6. The summed E-state index contributed by atoms with van der Waals surface area (Å²) in [6.07, 6.45) is 0. The molecule has 0 spiro atoms. The van der Waals surface area contributed by atoms with E-state index in [4.69, 9.17) is 9.47 Å². The van der Waals surface area contributed by atoms with Crippen molar-refractivity contribution in [2.45, 2.75) is 20.8 Å². The number of carbonyl (C=O) groups excluding carboxylic acids is 2. The van der Waals surface area contributed by atoms with Gasteiger partial charge in [-0.1, -0.05) is 17.4 Å². The number of rotatable bonds is 6. The lowest BCUT2D eigenvalue weighted by Crippen LogP contribution is -2.20. The van der Waals surface area contributed by atoms with Gasteiger partial charge in [0.2, 0.25) is 0 Å². The minimum Gasteiger partial charge on any atom is -0.483 e. The van der Waals surface area contributed by atoms with Crippen molar-refractivity contribution in [2.24, 2.45) is 0 Å². The van der Waals surface area contributed by atoms with Gasteiger partial charge < -0.3 is 9.47 Å². The third kappa shape index (κ3) is 4.78. The van der Waals surface area contributed by atoms with Crippen molar-refractivity contribution in [3.8, 4) is 5.75 Å². The number of carbonyl (C=O) groups is 2. The first kappa shape index (κ1) is 18.4. The van der Waals surface area contributed by atoms with E-state index in [1.165, 1.54) is 0 Å². The highest BCUT2D eigenvalue weighted by atomic mass is 79.9. The lowest BCUT2D eigenvalue weighted by molar-refractivity contribution is -0.118. The molecule has 24 heavy (non-hydrogen) atoms. The van der Waals surface area contributed by atoms with Gasteiger partial charge in [-0.05, 0) is 54.4 Å². The van der Waals surface area contributed by atoms with E-state index in [9.17, 15) is 9.59 Å². The van der Waals surface area contributed by atoms with Gasteiger partial charge >= 0.3 is 5.97 Å². The van der Waals surface area contributed by atoms with Crippen LogP contribution in [-0.4, -0.2) is 30.1 Å². The summed E-state index contributed by atoms with van der Waals surface area (Å²) in [7, 11) is 0. The Labute approximate surface area is 152 Å². The van der Waals surface area contributed by atoms with Crippen LogP contribution in [0.25, 0.3) is 0 Å². The number of benzene rings is 1. The summed E-state index contributed by atoms with van der Waals surface area (Å²) in [5.74, 6) is -0.210. The standard InChI is InChI=1S/C16H17BrN2O4S/c1-4-22-15(21)14-10(3)18-16(24-14)19-13(20)8-23-12-6-5-9(2)7-11(12)17/h5-7H,4,8H2,1-3H3,(H,18,19,20). The first-order valence-corrected chi connectivity index (χ1v) is 8.85. The van der Waals surface area contributed by atoms with Gasteiger partial charge in [-0.2, -0.15) is 0 Å². The minimum absolute atomic E-state index is 0.158. The van der Waals surface area contributed by atoms with E-state index in [1.54, 1.807) is 19.9 Å². The predicted octanol–water partition coefficient (Wildman–Crippen LogP) is 3.72. The molecule has 0 unspecified atom stereocenters. The van der Waals surface area contributed by atoms with Crippen LogP contribution in [0.15, 0.2) is 22.7 Å². The lowest BCUT2D eigenvalue weighted by Gasteiger charge is -2.08. The summed E-state index contributed by atoms with van der Waals surface area (Å²) in [5.41, 5.74) is 1.61. The van der Waals surface area contributed by atoms with E-state index in [0.29, 0.717) is 21.5 Å². The number of esters is 1. The van der Waals surface area contributed by atoms with Crippen molar-refractivity contribution >= 4 is 44.3 Å². The van der Waals surface area contributed by atoms with Gasteiger partial charge in [0.05, 0.1) is 16.8 Å². The van der Waals surface area contributed by atoms with E-state index in [-0.39, 0.29) is 19.1 Å². The molecule has 0 fully saturated rings. The first-order chi connectivity index (χ1) is 11.4. The smallest absolute Gasteiger partial charge is 0.350 e. The molecule has 2 aromatic rings. The van der Waals surface area contributed by atoms with Crippen LogP contribution in [0.2, 0.25) is 0 Å². The zero-order valence-electron chi connectivity index (χ0n) is 13.5. The minimum atomic E-state index is -0.437. The van der Waals surface area contributed by atoms with Gasteiger partial charge in [-0.3, -0.25) is 10.1 Å². The van der Waals surface area contributed by atoms with Crippen molar-refractivity contribution in [3.63, 3.8) is 0 Å². The molecule has 0 saturated heterocycles. The summed E-state index contributed by atoms with van der Waals surface area (Å²) in [6.45, 7) is 5.52. The molecule has 2 rings (SSSR count). The second-order valence-corrected chi connectivity index (χ2v) is 6.78. The number of nitrogens with one attached hydrogen (secondary N) is 1. The van der Waals surface area contributed by atoms with E-state index < -0.39 is 5.97 Å². The summed E-state index contributed by atoms with van der Waals surface area (Å²) in [5, 5.41) is 2.96. The molecule has 1 aromatic carbocycles. The van der Waals surface area contributed by atoms with Crippen LogP contribution in [0.4, 0.5) is 5.13 Å². The molecule has 0 radical (unpaired) electrons. The Morgan fingerprint density at radius 2 is 2.08 bits per heavy atom. The van der Waals surface area contributed by atoms with Crippen molar-refractivity contribution in [1.29, 1.82) is 0 Å². The number of thiazole rings is 1. The molecule has 128 valence electrons. The molecule has 0 aliphatic carbocycles. The quantitative estimate of drug-likeness (QED) is 0.731. The Balaban J connectivity index is 1.95. The van der Waals surface area contributed by atoms with Crippen LogP contribution in [0.1, 0.15) is 27.9 Å². The van der Waals surface area contributed by atoms with Gasteiger partial charge in [0.25, 0.3) is 5.91 Å². The monoisotopic (exact) mass is 412 g/mol. The summed E-state index contributed by atoms with van der Waals surface area (Å²) in [6, 6.07) is 5.59. The number of ether oxygens (including phenoxy) is 2. The molecule has 0 atom stereocenters. The van der Waals surface area contributed by atoms with Crippen molar-refractivity contribution in [2.75, 3.05) is 18.5 Å². The molecule has 1 aromatic heterocycles. The highest BCUT2D eigenvalue weighted by Crippen LogP contribution is 2.26. The second kappa shape index (κ2) is 8.25. The lowest BCUT2D eigenvalue weighted by atomic mass is 10.2. The zero-order valence-corrected chi connectivity index (χ0v) is 15.9. The van der Waals surface area contributed by atoms with Gasteiger partial charge in [0, 0.05) is 0 Å². The van der Waals surface area contributed by atoms with Crippen molar-refractivity contribution in [1.82, 2.24) is 4.98 Å². The number of halogens is 1. The largest absolute Gasteiger partial charge is 0.483 e. The number of amides is 1. The van der Waals surface area contributed by atoms with E-state index in [0.717, 1.165) is 21.4 Å². The van der Waals surface area contributed by atoms with E-state index in [2.05, 4.69) is 26.2 Å². The van der Waals surface area contributed by atoms with Crippen LogP contribution in [0, 0.1) is 13.8 Å². The van der Waals surface area contributed by atoms with Crippen molar-refractivity contribution in [3.05, 3.63) is 38.8 Å². The summed E-state index contributed by atoms with van der Waals surface area (Å²) >= 11 is 4.47. The average Bonchev–Trinajstić information content (AvgIpc) is 2.87. The average molecular weight is 413 g/mol. The highest BCUT2D eigenvalue weighted by molar-refractivity contribution is 9.10. The molecule has 0 bridgehead atoms. The maximum Gasteiger partial charge on any atom is 0.350 e. The number of anilines is 1. The van der Waals surface area contributed by atoms with Gasteiger partial charge in [-0.25, -0.2) is 9.78 Å². The summed E-state index contributed by atoms with van der Waals surface area (Å²) < 4.78 is 11.2. The fraction of sp³-hybridized carbons (Fsp3) is 0.312. The van der Waals surface area contributed by atoms with Crippen LogP contribution < -0.4 is 10.1 Å². The maximum atomic E-state index is 12.0. The molecule has 0 aliphatic rings. The second-order valence-electron chi connectivity index (χ2n) is 4.92. The normalized spacial score (nSPS) is 10.3. The molecule has 1 N–H and O–H groups in total. The molecule has 1 heterocycles. The Hall–Kier alpha value is -1.93. The van der Waals surface area contributed by atoms with Gasteiger partial charge in [0.1, 0.15) is 10.6 Å². The third-order valence-corrected chi connectivity index (χ3v) is 4.62. The van der Waals surface area contributed by atoms with Gasteiger partial charge in [0.15, 0.2) is 11.7 Å². The fourth-order valence-electron chi connectivity index (χ4n) is 1.86. The molecule has 0 aliphatic heterocycles. The number of hydrogen-bond donors (Lipinski definition) is 1. The molecule has 6 nitrogen and oxygen atoms in total. The Morgan fingerprint density at radius 1 is 1.33 bits per heavy atom. The van der Waals surface area contributed by atoms with Gasteiger partial charge in [-0.15, -0.1) is 0 Å². The Bertz CT molecular complexity index is 761. The molecule has 1 amide bonds. The Morgan fingerprint density at radius 3 is 2.75 bits per heavy atom. The Kier molecular flexibility index (Phi) is 6.33. The number of nitrogens with zero attached hydrogens (tertiary/aromatic N) is 1. The van der Waals surface area contributed by atoms with E-state index in [1.807, 2.05) is 19.1 Å². The number of aromatic nitrogens is 1. The SMILES string of the molecule is CCOC(=O)c1sc(NC(=O)COc2ccc(C)cc2Br)nc1C. The molecule has 8 heteroatoms. The molecular formula is C16H17BrN2O4S. The van der Waals surface area contributed by atoms with Crippen LogP contribution in [0.5, 0.6) is 5.75 Å². The third-order valence-electron chi connectivity index (χ3n) is 2.95. The van der Waals surface area contributed by atoms with Crippen LogP contribution in [-0.2, 0) is 9.53 Å². The topological polar surface area (TPSA) is 77.5 Å². The molecule has 0 saturated carbocycles. The zero-order chi connectivity index (χ0) is 17.7.